The molecule has 21 heavy (non-hydrogen) atoms. The molecule has 3 nitrogen and oxygen atoms in total. The second kappa shape index (κ2) is 4.38. The number of hydrogen-bond donors (Lipinski definition) is 1. The molecule has 4 rings (SSSR count). The maximum atomic E-state index is 14.4. The van der Waals surface area contributed by atoms with Gasteiger partial charge in [0.05, 0.1) is 16.9 Å². The van der Waals surface area contributed by atoms with Gasteiger partial charge in [0.25, 0.3) is 0 Å². The molecule has 0 aliphatic carbocycles. The molecule has 0 atom stereocenters. The fourth-order valence-electron chi connectivity index (χ4n) is 2.70. The van der Waals surface area contributed by atoms with E-state index < -0.39 is 0 Å². The number of hydrogen-bond acceptors (Lipinski definition) is 2. The maximum absolute atomic E-state index is 14.4. The smallest absolute Gasteiger partial charge is 0.133 e. The van der Waals surface area contributed by atoms with E-state index in [1.807, 2.05) is 43.3 Å². The number of halogens is 1. The Balaban J connectivity index is 2.24. The number of pyridine rings is 1. The first-order valence-electron chi connectivity index (χ1n) is 6.74. The van der Waals surface area contributed by atoms with Crippen LogP contribution in [0.4, 0.5) is 4.39 Å². The van der Waals surface area contributed by atoms with Gasteiger partial charge >= 0.3 is 0 Å². The van der Waals surface area contributed by atoms with Gasteiger partial charge in [-0.2, -0.15) is 5.10 Å². The molecule has 0 radical (unpaired) electrons. The van der Waals surface area contributed by atoms with Gasteiger partial charge in [0, 0.05) is 16.3 Å². The molecule has 102 valence electrons. The van der Waals surface area contributed by atoms with Crippen LogP contribution in [0.25, 0.3) is 33.1 Å². The van der Waals surface area contributed by atoms with Crippen LogP contribution in [0.1, 0.15) is 5.69 Å². The van der Waals surface area contributed by atoms with Gasteiger partial charge < -0.3 is 0 Å². The van der Waals surface area contributed by atoms with E-state index in [1.54, 1.807) is 6.07 Å². The molecular formula is C17H12FN3. The third-order valence-electron chi connectivity index (χ3n) is 3.71. The second-order valence-corrected chi connectivity index (χ2v) is 5.02. The molecule has 0 fully saturated rings. The summed E-state index contributed by atoms with van der Waals surface area (Å²) >= 11 is 0. The van der Waals surface area contributed by atoms with Crippen molar-refractivity contribution in [1.82, 2.24) is 15.2 Å². The first kappa shape index (κ1) is 12.0. The third kappa shape index (κ3) is 1.72. The van der Waals surface area contributed by atoms with Crippen molar-refractivity contribution in [1.29, 1.82) is 0 Å². The van der Waals surface area contributed by atoms with Gasteiger partial charge in [-0.25, -0.2) is 9.37 Å². The lowest BCUT2D eigenvalue weighted by Crippen LogP contribution is -1.91. The van der Waals surface area contributed by atoms with Crippen molar-refractivity contribution in [2.24, 2.45) is 0 Å². The Morgan fingerprint density at radius 1 is 1.00 bits per heavy atom. The van der Waals surface area contributed by atoms with E-state index in [-0.39, 0.29) is 5.82 Å². The summed E-state index contributed by atoms with van der Waals surface area (Å²) in [5, 5.41) is 8.49. The van der Waals surface area contributed by atoms with Gasteiger partial charge in [-0.15, -0.1) is 0 Å². The van der Waals surface area contributed by atoms with Crippen LogP contribution in [0, 0.1) is 12.7 Å². The van der Waals surface area contributed by atoms with Gasteiger partial charge in [-0.05, 0) is 13.0 Å². The molecule has 0 amide bonds. The summed E-state index contributed by atoms with van der Waals surface area (Å²) in [5.41, 5.74) is 3.93. The topological polar surface area (TPSA) is 41.6 Å². The number of rotatable bonds is 1. The first-order chi connectivity index (χ1) is 10.3. The van der Waals surface area contributed by atoms with Crippen LogP contribution in [0.15, 0.2) is 48.5 Å². The number of nitrogens with one attached hydrogen (secondary N) is 1. The SMILES string of the molecule is Cc1n[nH]c2c1nc(-c1ccccc1)c1c(F)cccc12. The van der Waals surface area contributed by atoms with E-state index in [4.69, 9.17) is 0 Å². The van der Waals surface area contributed by atoms with E-state index in [2.05, 4.69) is 15.2 Å². The quantitative estimate of drug-likeness (QED) is 0.566. The van der Waals surface area contributed by atoms with E-state index in [9.17, 15) is 4.39 Å². The summed E-state index contributed by atoms with van der Waals surface area (Å²) in [7, 11) is 0. The summed E-state index contributed by atoms with van der Waals surface area (Å²) in [4.78, 5) is 4.66. The Labute approximate surface area is 120 Å². The highest BCUT2D eigenvalue weighted by molar-refractivity contribution is 6.09. The Kier molecular flexibility index (Phi) is 2.51. The summed E-state index contributed by atoms with van der Waals surface area (Å²) in [6.07, 6.45) is 0. The predicted molar refractivity (Wildman–Crippen MR) is 81.5 cm³/mol. The monoisotopic (exact) mass is 277 g/mol. The molecule has 2 aromatic heterocycles. The third-order valence-corrected chi connectivity index (χ3v) is 3.71. The standard InChI is InChI=1S/C17H12FN3/c1-10-15-17(21-20-10)12-8-5-9-13(18)14(12)16(19-15)11-6-3-2-4-7-11/h2-9H,1H3,(H,20,21). The van der Waals surface area contributed by atoms with Crippen LogP contribution in [-0.4, -0.2) is 15.2 Å². The lowest BCUT2D eigenvalue weighted by Gasteiger charge is -2.08. The summed E-state index contributed by atoms with van der Waals surface area (Å²) < 4.78 is 14.4. The lowest BCUT2D eigenvalue weighted by molar-refractivity contribution is 0.640. The number of aromatic nitrogens is 3. The number of benzene rings is 2. The zero-order valence-electron chi connectivity index (χ0n) is 11.4. The summed E-state index contributed by atoms with van der Waals surface area (Å²) in [6.45, 7) is 1.89. The van der Waals surface area contributed by atoms with Crippen LogP contribution in [-0.2, 0) is 0 Å². The van der Waals surface area contributed by atoms with E-state index in [0.29, 0.717) is 11.1 Å². The molecular weight excluding hydrogens is 265 g/mol. The molecule has 1 N–H and O–H groups in total. The second-order valence-electron chi connectivity index (χ2n) is 5.02. The minimum Gasteiger partial charge on any atom is -0.275 e. The number of H-pyrrole nitrogens is 1. The fourth-order valence-corrected chi connectivity index (χ4v) is 2.70. The molecule has 0 saturated carbocycles. The van der Waals surface area contributed by atoms with Gasteiger partial charge in [0.2, 0.25) is 0 Å². The average molecular weight is 277 g/mol. The molecule has 4 heteroatoms. The van der Waals surface area contributed by atoms with Gasteiger partial charge in [-0.1, -0.05) is 42.5 Å². The zero-order valence-corrected chi connectivity index (χ0v) is 11.4. The first-order valence-corrected chi connectivity index (χ1v) is 6.74. The highest BCUT2D eigenvalue weighted by Crippen LogP contribution is 2.33. The van der Waals surface area contributed by atoms with E-state index in [1.165, 1.54) is 6.07 Å². The largest absolute Gasteiger partial charge is 0.275 e. The zero-order chi connectivity index (χ0) is 14.4. The molecule has 0 saturated heterocycles. The Morgan fingerprint density at radius 2 is 1.81 bits per heavy atom. The fraction of sp³-hybridized carbons (Fsp3) is 0.0588. The Hall–Kier alpha value is -2.75. The van der Waals surface area contributed by atoms with Crippen molar-refractivity contribution in [3.63, 3.8) is 0 Å². The maximum Gasteiger partial charge on any atom is 0.133 e. The number of aryl methyl sites for hydroxylation is 1. The van der Waals surface area contributed by atoms with Crippen molar-refractivity contribution in [3.05, 3.63) is 60.0 Å². The minimum atomic E-state index is -0.270. The van der Waals surface area contributed by atoms with Gasteiger partial charge in [-0.3, -0.25) is 5.10 Å². The normalized spacial score (nSPS) is 11.3. The number of fused-ring (bicyclic) bond motifs is 3. The van der Waals surface area contributed by atoms with Crippen molar-refractivity contribution in [2.75, 3.05) is 0 Å². The van der Waals surface area contributed by atoms with Gasteiger partial charge in [0.15, 0.2) is 0 Å². The van der Waals surface area contributed by atoms with E-state index >= 15 is 0 Å². The minimum absolute atomic E-state index is 0.270. The number of aromatic amines is 1. The van der Waals surface area contributed by atoms with Crippen molar-refractivity contribution >= 4 is 21.8 Å². The molecule has 0 aliphatic heterocycles. The van der Waals surface area contributed by atoms with Crippen molar-refractivity contribution < 1.29 is 4.39 Å². The number of nitrogens with zero attached hydrogens (tertiary/aromatic N) is 2. The van der Waals surface area contributed by atoms with Crippen LogP contribution < -0.4 is 0 Å². The molecule has 0 bridgehead atoms. The lowest BCUT2D eigenvalue weighted by atomic mass is 10.0. The van der Waals surface area contributed by atoms with Crippen LogP contribution in [0.5, 0.6) is 0 Å². The van der Waals surface area contributed by atoms with Crippen molar-refractivity contribution in [2.45, 2.75) is 6.92 Å². The molecule has 2 heterocycles. The average Bonchev–Trinajstić information content (AvgIpc) is 2.89. The Morgan fingerprint density at radius 3 is 2.62 bits per heavy atom. The molecule has 4 aromatic rings. The van der Waals surface area contributed by atoms with Crippen LogP contribution in [0.2, 0.25) is 0 Å². The predicted octanol–water partition coefficient (Wildman–Crippen LogP) is 4.23. The molecule has 2 aromatic carbocycles. The highest BCUT2D eigenvalue weighted by atomic mass is 19.1. The highest BCUT2D eigenvalue weighted by Gasteiger charge is 2.16. The van der Waals surface area contributed by atoms with Crippen LogP contribution >= 0.6 is 0 Å². The molecule has 0 spiro atoms. The molecule has 0 unspecified atom stereocenters. The summed E-state index contributed by atoms with van der Waals surface area (Å²) in [5.74, 6) is -0.270. The van der Waals surface area contributed by atoms with Crippen molar-refractivity contribution in [3.8, 4) is 11.3 Å². The molecule has 0 aliphatic rings. The summed E-state index contributed by atoms with van der Waals surface area (Å²) in [6, 6.07) is 14.7. The Bertz CT molecular complexity index is 958. The van der Waals surface area contributed by atoms with Gasteiger partial charge in [0.1, 0.15) is 11.3 Å². The van der Waals surface area contributed by atoms with Crippen LogP contribution in [0.3, 0.4) is 0 Å². The van der Waals surface area contributed by atoms with E-state index in [0.717, 1.165) is 27.7 Å².